The minimum atomic E-state index is -0.230. The van der Waals surface area contributed by atoms with Gasteiger partial charge in [0.1, 0.15) is 11.3 Å². The summed E-state index contributed by atoms with van der Waals surface area (Å²) in [5.74, 6) is -0.230. The van der Waals surface area contributed by atoms with Crippen LogP contribution in [0.2, 0.25) is 0 Å². The summed E-state index contributed by atoms with van der Waals surface area (Å²) in [7, 11) is 0. The highest BCUT2D eigenvalue weighted by molar-refractivity contribution is 6.04. The summed E-state index contributed by atoms with van der Waals surface area (Å²) in [6.07, 6.45) is 3.73. The third kappa shape index (κ3) is 2.99. The maximum atomic E-state index is 12.5. The van der Waals surface area contributed by atoms with Gasteiger partial charge in [-0.05, 0) is 32.9 Å². The highest BCUT2D eigenvalue weighted by atomic mass is 16.1. The summed E-state index contributed by atoms with van der Waals surface area (Å²) >= 11 is 0. The summed E-state index contributed by atoms with van der Waals surface area (Å²) in [5, 5.41) is 18.6. The molecule has 4 aromatic heterocycles. The van der Waals surface area contributed by atoms with Crippen molar-refractivity contribution >= 4 is 22.6 Å². The number of nitrogens with one attached hydrogen (secondary N) is 4. The molecule has 5 heterocycles. The van der Waals surface area contributed by atoms with Gasteiger partial charge in [0.05, 0.1) is 35.0 Å². The predicted octanol–water partition coefficient (Wildman–Crippen LogP) is 2.47. The van der Waals surface area contributed by atoms with Crippen LogP contribution in [0.1, 0.15) is 33.5 Å². The van der Waals surface area contributed by atoms with Crippen molar-refractivity contribution in [3.8, 4) is 11.3 Å². The van der Waals surface area contributed by atoms with Gasteiger partial charge in [-0.25, -0.2) is 4.98 Å². The fraction of sp³-hybridized carbons (Fsp3) is 0.300. The Morgan fingerprint density at radius 1 is 1.21 bits per heavy atom. The highest BCUT2D eigenvalue weighted by Crippen LogP contribution is 2.28. The van der Waals surface area contributed by atoms with Gasteiger partial charge in [0.25, 0.3) is 5.91 Å². The van der Waals surface area contributed by atoms with Crippen LogP contribution in [0.25, 0.3) is 22.3 Å². The number of fused-ring (bicyclic) bond motifs is 1. The van der Waals surface area contributed by atoms with Gasteiger partial charge in [-0.15, -0.1) is 0 Å². The number of H-pyrrole nitrogens is 2. The average molecular weight is 390 g/mol. The van der Waals surface area contributed by atoms with Gasteiger partial charge >= 0.3 is 0 Å². The second kappa shape index (κ2) is 6.56. The van der Waals surface area contributed by atoms with E-state index in [1.54, 1.807) is 6.20 Å². The van der Waals surface area contributed by atoms with Gasteiger partial charge in [-0.3, -0.25) is 14.6 Å². The number of nitrogens with zero attached hydrogens (tertiary/aromatic N) is 4. The van der Waals surface area contributed by atoms with Gasteiger partial charge in [0.15, 0.2) is 0 Å². The summed E-state index contributed by atoms with van der Waals surface area (Å²) in [6.45, 7) is 7.65. The minimum absolute atomic E-state index is 0.230. The van der Waals surface area contributed by atoms with E-state index < -0.39 is 0 Å². The second-order valence-corrected chi connectivity index (χ2v) is 7.53. The van der Waals surface area contributed by atoms with Crippen LogP contribution in [0.5, 0.6) is 0 Å². The topological polar surface area (TPSA) is 116 Å². The van der Waals surface area contributed by atoms with Gasteiger partial charge < -0.3 is 15.6 Å². The van der Waals surface area contributed by atoms with Crippen LogP contribution in [0.4, 0.5) is 5.69 Å². The van der Waals surface area contributed by atoms with E-state index in [1.807, 2.05) is 37.6 Å². The molecule has 0 spiro atoms. The first kappa shape index (κ1) is 17.6. The molecule has 1 saturated heterocycles. The molecule has 4 aromatic rings. The molecule has 29 heavy (non-hydrogen) atoms. The van der Waals surface area contributed by atoms with Crippen molar-refractivity contribution < 1.29 is 4.79 Å². The number of anilines is 1. The summed E-state index contributed by atoms with van der Waals surface area (Å²) < 4.78 is 2.03. The number of aryl methyl sites for hydroxylation is 2. The Kier molecular flexibility index (Phi) is 3.99. The molecule has 0 radical (unpaired) electrons. The smallest absolute Gasteiger partial charge is 0.273 e. The van der Waals surface area contributed by atoms with Crippen molar-refractivity contribution in [3.63, 3.8) is 0 Å². The predicted molar refractivity (Wildman–Crippen MR) is 110 cm³/mol. The SMILES string of the molecule is Cc1nn(C2CNC2)cc1-c1cc2cc(NC(=O)c3[nH]nc(C)c3C)cnc2[nH]1. The van der Waals surface area contributed by atoms with E-state index in [9.17, 15) is 4.79 Å². The Morgan fingerprint density at radius 3 is 2.72 bits per heavy atom. The monoisotopic (exact) mass is 390 g/mol. The summed E-state index contributed by atoms with van der Waals surface area (Å²) in [5.41, 5.74) is 6.52. The zero-order chi connectivity index (χ0) is 20.1. The number of aromatic amines is 2. The standard InChI is InChI=1S/C20H22N8O/c1-10-11(2)25-26-18(10)20(29)23-14-4-13-5-17(24-19(13)22-6-14)16-9-28(27-12(16)3)15-7-21-8-15/h4-6,9,15,21H,7-8H2,1-3H3,(H,22,24)(H,23,29)(H,25,26). The zero-order valence-electron chi connectivity index (χ0n) is 16.5. The number of hydrogen-bond acceptors (Lipinski definition) is 5. The van der Waals surface area contributed by atoms with Crippen LogP contribution in [-0.4, -0.2) is 48.9 Å². The summed E-state index contributed by atoms with van der Waals surface area (Å²) in [4.78, 5) is 20.3. The fourth-order valence-electron chi connectivity index (χ4n) is 3.53. The number of carbonyl (C=O) groups is 1. The Morgan fingerprint density at radius 2 is 2.03 bits per heavy atom. The van der Waals surface area contributed by atoms with Gasteiger partial charge in [-0.2, -0.15) is 10.2 Å². The number of pyridine rings is 1. The molecule has 9 nitrogen and oxygen atoms in total. The molecule has 0 aliphatic carbocycles. The average Bonchev–Trinajstić information content (AvgIpc) is 3.31. The Bertz CT molecular complexity index is 1230. The first-order chi connectivity index (χ1) is 14.0. The van der Waals surface area contributed by atoms with Gasteiger partial charge in [0.2, 0.25) is 0 Å². The van der Waals surface area contributed by atoms with E-state index in [2.05, 4.69) is 42.1 Å². The molecule has 4 N–H and O–H groups in total. The van der Waals surface area contributed by atoms with E-state index in [-0.39, 0.29) is 5.91 Å². The molecular weight excluding hydrogens is 368 g/mol. The molecule has 9 heteroatoms. The van der Waals surface area contributed by atoms with Crippen LogP contribution in [0.15, 0.2) is 24.5 Å². The molecule has 0 unspecified atom stereocenters. The first-order valence-corrected chi connectivity index (χ1v) is 9.58. The highest BCUT2D eigenvalue weighted by Gasteiger charge is 2.21. The Labute approximate surface area is 166 Å². The van der Waals surface area contributed by atoms with Gasteiger partial charge in [0, 0.05) is 35.8 Å². The van der Waals surface area contributed by atoms with E-state index >= 15 is 0 Å². The van der Waals surface area contributed by atoms with Crippen LogP contribution in [0.3, 0.4) is 0 Å². The maximum Gasteiger partial charge on any atom is 0.273 e. The van der Waals surface area contributed by atoms with E-state index in [0.29, 0.717) is 17.4 Å². The van der Waals surface area contributed by atoms with Crippen molar-refractivity contribution in [2.45, 2.75) is 26.8 Å². The van der Waals surface area contributed by atoms with Crippen LogP contribution >= 0.6 is 0 Å². The van der Waals surface area contributed by atoms with Crippen LogP contribution < -0.4 is 10.6 Å². The molecule has 5 rings (SSSR count). The molecule has 1 amide bonds. The Hall–Kier alpha value is -3.46. The van der Waals surface area contributed by atoms with Crippen molar-refractivity contribution in [2.24, 2.45) is 0 Å². The molecule has 1 aliphatic heterocycles. The second-order valence-electron chi connectivity index (χ2n) is 7.53. The lowest BCUT2D eigenvalue weighted by Gasteiger charge is -2.27. The minimum Gasteiger partial charge on any atom is -0.339 e. The lowest BCUT2D eigenvalue weighted by atomic mass is 10.1. The normalized spacial score (nSPS) is 14.3. The molecule has 1 fully saturated rings. The Balaban J connectivity index is 1.42. The van der Waals surface area contributed by atoms with Crippen molar-refractivity contribution in [2.75, 3.05) is 18.4 Å². The lowest BCUT2D eigenvalue weighted by Crippen LogP contribution is -2.43. The van der Waals surface area contributed by atoms with Crippen LogP contribution in [0, 0.1) is 20.8 Å². The number of aromatic nitrogens is 6. The van der Waals surface area contributed by atoms with Crippen molar-refractivity contribution in [1.29, 1.82) is 0 Å². The summed E-state index contributed by atoms with van der Waals surface area (Å²) in [6, 6.07) is 4.37. The molecule has 0 saturated carbocycles. The van der Waals surface area contributed by atoms with Crippen molar-refractivity contribution in [3.05, 3.63) is 47.2 Å². The maximum absolute atomic E-state index is 12.5. The molecule has 0 aromatic carbocycles. The number of hydrogen-bond donors (Lipinski definition) is 4. The van der Waals surface area contributed by atoms with Gasteiger partial charge in [-0.1, -0.05) is 0 Å². The van der Waals surface area contributed by atoms with E-state index in [0.717, 1.165) is 52.3 Å². The van der Waals surface area contributed by atoms with E-state index in [4.69, 9.17) is 0 Å². The number of amides is 1. The van der Waals surface area contributed by atoms with Crippen LogP contribution in [-0.2, 0) is 0 Å². The number of rotatable bonds is 4. The number of carbonyl (C=O) groups excluding carboxylic acids is 1. The first-order valence-electron chi connectivity index (χ1n) is 9.58. The quantitative estimate of drug-likeness (QED) is 0.427. The lowest BCUT2D eigenvalue weighted by molar-refractivity contribution is 0.102. The third-order valence-electron chi connectivity index (χ3n) is 5.55. The van der Waals surface area contributed by atoms with Crippen molar-refractivity contribution in [1.82, 2.24) is 35.3 Å². The molecule has 0 bridgehead atoms. The molecular formula is C20H22N8O. The third-order valence-corrected chi connectivity index (χ3v) is 5.55. The zero-order valence-corrected chi connectivity index (χ0v) is 16.5. The van der Waals surface area contributed by atoms with E-state index in [1.165, 1.54) is 0 Å². The molecule has 1 aliphatic rings. The molecule has 0 atom stereocenters. The molecule has 148 valence electrons. The largest absolute Gasteiger partial charge is 0.339 e. The fourth-order valence-corrected chi connectivity index (χ4v) is 3.53.